The molecule has 0 amide bonds. The third-order valence-corrected chi connectivity index (χ3v) is 6.08. The molecule has 182 valence electrons. The fourth-order valence-electron chi connectivity index (χ4n) is 3.95. The van der Waals surface area contributed by atoms with Gasteiger partial charge in [0.15, 0.2) is 17.7 Å². The van der Waals surface area contributed by atoms with E-state index in [0.717, 1.165) is 5.56 Å². The van der Waals surface area contributed by atoms with Crippen molar-refractivity contribution in [2.75, 3.05) is 18.8 Å². The van der Waals surface area contributed by atoms with E-state index in [0.29, 0.717) is 29.3 Å². The van der Waals surface area contributed by atoms with Gasteiger partial charge in [-0.15, -0.1) is 0 Å². The van der Waals surface area contributed by atoms with E-state index >= 15 is 0 Å². The number of aliphatic hydroxyl groups is 2. The first kappa shape index (κ1) is 24.3. The van der Waals surface area contributed by atoms with Crippen LogP contribution < -0.4 is 11.5 Å². The standard InChI is InChI=1S/C21H26ClN7O5/c22-12-3-1-11(2-4-12)7-28(6-5-13(23)21(32)33)8-14-16(30)17(31)20(34-14)29-10-27-15-18(24)25-9-26-19(15)29/h1-4,9-10,13-14,16-17,20,30-31H,5-8,23H2,(H,32,33)(H2,24,25,26)/t13-,14+,16+,17+,20+/m0/s1. The maximum Gasteiger partial charge on any atom is 0.320 e. The lowest BCUT2D eigenvalue weighted by atomic mass is 10.1. The first-order valence-electron chi connectivity index (χ1n) is 10.6. The second kappa shape index (κ2) is 10.2. The van der Waals surface area contributed by atoms with Crippen LogP contribution >= 0.6 is 11.6 Å². The normalized spacial score (nSPS) is 23.6. The van der Waals surface area contributed by atoms with Crippen molar-refractivity contribution in [3.8, 4) is 0 Å². The van der Waals surface area contributed by atoms with Gasteiger partial charge in [-0.05, 0) is 24.1 Å². The molecule has 3 aromatic rings. The van der Waals surface area contributed by atoms with Crippen molar-refractivity contribution in [3.63, 3.8) is 0 Å². The number of aromatic nitrogens is 4. The number of halogens is 1. The van der Waals surface area contributed by atoms with Gasteiger partial charge in [0.2, 0.25) is 0 Å². The number of ether oxygens (including phenoxy) is 1. The van der Waals surface area contributed by atoms with Gasteiger partial charge in [-0.3, -0.25) is 14.3 Å². The molecule has 1 saturated heterocycles. The van der Waals surface area contributed by atoms with Gasteiger partial charge in [-0.1, -0.05) is 23.7 Å². The molecular formula is C21H26ClN7O5. The van der Waals surface area contributed by atoms with Gasteiger partial charge < -0.3 is 31.5 Å². The topological polar surface area (TPSA) is 186 Å². The van der Waals surface area contributed by atoms with Crippen LogP contribution in [0.5, 0.6) is 0 Å². The average molecular weight is 492 g/mol. The molecule has 0 saturated carbocycles. The summed E-state index contributed by atoms with van der Waals surface area (Å²) in [4.78, 5) is 25.3. The lowest BCUT2D eigenvalue weighted by molar-refractivity contribution is -0.138. The molecule has 13 heteroatoms. The first-order chi connectivity index (χ1) is 16.2. The zero-order valence-corrected chi connectivity index (χ0v) is 18.9. The summed E-state index contributed by atoms with van der Waals surface area (Å²) in [6, 6.07) is 6.21. The number of hydrogen-bond acceptors (Lipinski definition) is 10. The Kier molecular flexibility index (Phi) is 7.26. The van der Waals surface area contributed by atoms with Gasteiger partial charge >= 0.3 is 5.97 Å². The number of aliphatic hydroxyl groups excluding tert-OH is 2. The van der Waals surface area contributed by atoms with Crippen molar-refractivity contribution in [2.45, 2.75) is 43.5 Å². The molecule has 2 aromatic heterocycles. The Morgan fingerprint density at radius 3 is 2.65 bits per heavy atom. The van der Waals surface area contributed by atoms with Crippen LogP contribution in [-0.4, -0.2) is 83.2 Å². The highest BCUT2D eigenvalue weighted by atomic mass is 35.5. The summed E-state index contributed by atoms with van der Waals surface area (Å²) < 4.78 is 7.54. The Hall–Kier alpha value is -2.87. The minimum absolute atomic E-state index is 0.192. The van der Waals surface area contributed by atoms with Gasteiger partial charge in [0.1, 0.15) is 36.2 Å². The number of aliphatic carboxylic acids is 1. The second-order valence-corrected chi connectivity index (χ2v) is 8.66. The Balaban J connectivity index is 1.51. The summed E-state index contributed by atoms with van der Waals surface area (Å²) >= 11 is 5.97. The summed E-state index contributed by atoms with van der Waals surface area (Å²) in [6.45, 7) is 0.989. The number of carboxylic acid groups (broad SMARTS) is 1. The molecule has 0 radical (unpaired) electrons. The predicted molar refractivity (Wildman–Crippen MR) is 123 cm³/mol. The molecule has 1 fully saturated rings. The monoisotopic (exact) mass is 491 g/mol. The highest BCUT2D eigenvalue weighted by Gasteiger charge is 2.44. The quantitative estimate of drug-likeness (QED) is 0.271. The maximum absolute atomic E-state index is 11.2. The molecule has 7 N–H and O–H groups in total. The number of carboxylic acids is 1. The van der Waals surface area contributed by atoms with Crippen LogP contribution in [0.25, 0.3) is 11.2 Å². The van der Waals surface area contributed by atoms with E-state index in [-0.39, 0.29) is 18.8 Å². The molecule has 5 atom stereocenters. The Labute approximate surface area is 199 Å². The molecule has 4 rings (SSSR count). The third kappa shape index (κ3) is 5.12. The molecule has 0 aliphatic carbocycles. The highest BCUT2D eigenvalue weighted by molar-refractivity contribution is 6.30. The zero-order valence-electron chi connectivity index (χ0n) is 18.1. The highest BCUT2D eigenvalue weighted by Crippen LogP contribution is 2.32. The zero-order chi connectivity index (χ0) is 24.4. The lowest BCUT2D eigenvalue weighted by Gasteiger charge is -2.27. The van der Waals surface area contributed by atoms with E-state index < -0.39 is 36.6 Å². The average Bonchev–Trinajstić information content (AvgIpc) is 3.36. The summed E-state index contributed by atoms with van der Waals surface area (Å²) in [5.74, 6) is -0.899. The molecule has 3 heterocycles. The van der Waals surface area contributed by atoms with Crippen molar-refractivity contribution in [1.29, 1.82) is 0 Å². The molecule has 1 aliphatic rings. The SMILES string of the molecule is Nc1ncnc2c1ncn2[C@@H]1O[C@H](CN(CC[C@H](N)C(=O)O)Cc2ccc(Cl)cc2)[C@@H](O)[C@H]1O. The van der Waals surface area contributed by atoms with Crippen LogP contribution in [0.4, 0.5) is 5.82 Å². The van der Waals surface area contributed by atoms with Crippen molar-refractivity contribution in [2.24, 2.45) is 5.73 Å². The maximum atomic E-state index is 11.2. The fraction of sp³-hybridized carbons (Fsp3) is 0.429. The number of nitrogen functional groups attached to an aromatic ring is 1. The number of rotatable bonds is 9. The molecular weight excluding hydrogens is 466 g/mol. The minimum Gasteiger partial charge on any atom is -0.480 e. The summed E-state index contributed by atoms with van der Waals surface area (Å²) in [7, 11) is 0. The van der Waals surface area contributed by atoms with Crippen molar-refractivity contribution >= 4 is 34.6 Å². The van der Waals surface area contributed by atoms with Crippen LogP contribution in [-0.2, 0) is 16.1 Å². The van der Waals surface area contributed by atoms with E-state index in [4.69, 9.17) is 32.9 Å². The van der Waals surface area contributed by atoms with Gasteiger partial charge in [0, 0.05) is 24.7 Å². The second-order valence-electron chi connectivity index (χ2n) is 8.22. The summed E-state index contributed by atoms with van der Waals surface area (Å²) in [5.41, 5.74) is 13.2. The molecule has 1 aliphatic heterocycles. The smallest absolute Gasteiger partial charge is 0.320 e. The molecule has 34 heavy (non-hydrogen) atoms. The van der Waals surface area contributed by atoms with E-state index in [9.17, 15) is 15.0 Å². The Bertz CT molecular complexity index is 1140. The van der Waals surface area contributed by atoms with Crippen LogP contribution in [0.2, 0.25) is 5.02 Å². The van der Waals surface area contributed by atoms with Crippen LogP contribution in [0.3, 0.4) is 0 Å². The van der Waals surface area contributed by atoms with Crippen LogP contribution in [0.15, 0.2) is 36.9 Å². The molecule has 0 bridgehead atoms. The Morgan fingerprint density at radius 1 is 1.21 bits per heavy atom. The van der Waals surface area contributed by atoms with Crippen molar-refractivity contribution < 1.29 is 24.9 Å². The van der Waals surface area contributed by atoms with E-state index in [1.165, 1.54) is 17.2 Å². The molecule has 0 unspecified atom stereocenters. The number of nitrogens with two attached hydrogens (primary N) is 2. The predicted octanol–water partition coefficient (Wildman–Crippen LogP) is -0.0147. The summed E-state index contributed by atoms with van der Waals surface area (Å²) in [6.07, 6.45) is -1.27. The van der Waals surface area contributed by atoms with Crippen molar-refractivity contribution in [3.05, 3.63) is 47.5 Å². The van der Waals surface area contributed by atoms with E-state index in [1.807, 2.05) is 17.0 Å². The third-order valence-electron chi connectivity index (χ3n) is 5.83. The molecule has 12 nitrogen and oxygen atoms in total. The van der Waals surface area contributed by atoms with Gasteiger partial charge in [0.05, 0.1) is 6.33 Å². The largest absolute Gasteiger partial charge is 0.480 e. The number of fused-ring (bicyclic) bond motifs is 1. The van der Waals surface area contributed by atoms with E-state index in [1.54, 1.807) is 12.1 Å². The lowest BCUT2D eigenvalue weighted by Crippen LogP contribution is -2.42. The fourth-order valence-corrected chi connectivity index (χ4v) is 4.07. The number of benzene rings is 1. The van der Waals surface area contributed by atoms with Crippen molar-refractivity contribution in [1.82, 2.24) is 24.4 Å². The van der Waals surface area contributed by atoms with E-state index in [2.05, 4.69) is 15.0 Å². The van der Waals surface area contributed by atoms with Crippen LogP contribution in [0.1, 0.15) is 18.2 Å². The number of anilines is 1. The first-order valence-corrected chi connectivity index (χ1v) is 11.0. The van der Waals surface area contributed by atoms with Gasteiger partial charge in [-0.2, -0.15) is 0 Å². The molecule has 0 spiro atoms. The number of carbonyl (C=O) groups is 1. The number of imidazole rings is 1. The number of hydrogen-bond donors (Lipinski definition) is 5. The van der Waals surface area contributed by atoms with Gasteiger partial charge in [-0.25, -0.2) is 15.0 Å². The summed E-state index contributed by atoms with van der Waals surface area (Å²) in [5, 5.41) is 31.2. The number of nitrogens with zero attached hydrogens (tertiary/aromatic N) is 5. The molecule has 1 aromatic carbocycles. The minimum atomic E-state index is -1.25. The van der Waals surface area contributed by atoms with Gasteiger partial charge in [0.25, 0.3) is 0 Å². The van der Waals surface area contributed by atoms with Crippen LogP contribution in [0, 0.1) is 0 Å². The Morgan fingerprint density at radius 2 is 1.94 bits per heavy atom.